The summed E-state index contributed by atoms with van der Waals surface area (Å²) in [5, 5.41) is 7.62. The molecule has 4 heteroatoms. The van der Waals surface area contributed by atoms with Crippen molar-refractivity contribution in [1.29, 1.82) is 0 Å². The minimum Gasteiger partial charge on any atom is -0.323 e. The molecular formula is C11H12ClN3. The molecule has 2 rings (SSSR count). The maximum atomic E-state index is 5.93. The zero-order valence-electron chi connectivity index (χ0n) is 8.37. The van der Waals surface area contributed by atoms with E-state index in [4.69, 9.17) is 17.3 Å². The van der Waals surface area contributed by atoms with Gasteiger partial charge in [0.25, 0.3) is 0 Å². The number of nitrogens with zero attached hydrogens (tertiary/aromatic N) is 1. The van der Waals surface area contributed by atoms with Gasteiger partial charge in [-0.15, -0.1) is 0 Å². The molecule has 0 amide bonds. The van der Waals surface area contributed by atoms with Crippen molar-refractivity contribution in [2.75, 3.05) is 0 Å². The Kier molecular flexibility index (Phi) is 2.75. The van der Waals surface area contributed by atoms with Gasteiger partial charge in [0, 0.05) is 16.6 Å². The number of nitrogens with one attached hydrogen (secondary N) is 1. The van der Waals surface area contributed by atoms with Gasteiger partial charge in [-0.3, -0.25) is 5.10 Å². The van der Waals surface area contributed by atoms with Crippen LogP contribution in [-0.2, 0) is 0 Å². The van der Waals surface area contributed by atoms with E-state index in [0.29, 0.717) is 5.02 Å². The Morgan fingerprint density at radius 3 is 2.93 bits per heavy atom. The molecule has 15 heavy (non-hydrogen) atoms. The van der Waals surface area contributed by atoms with Crippen molar-refractivity contribution in [3.63, 3.8) is 0 Å². The Bertz CT molecular complexity index is 462. The van der Waals surface area contributed by atoms with Crippen LogP contribution in [0.1, 0.15) is 18.7 Å². The third-order valence-electron chi connectivity index (χ3n) is 2.26. The number of hydrogen-bond acceptors (Lipinski definition) is 2. The highest BCUT2D eigenvalue weighted by Crippen LogP contribution is 2.27. The van der Waals surface area contributed by atoms with Gasteiger partial charge in [0.15, 0.2) is 0 Å². The van der Waals surface area contributed by atoms with Crippen molar-refractivity contribution >= 4 is 11.6 Å². The van der Waals surface area contributed by atoms with Crippen molar-refractivity contribution < 1.29 is 0 Å². The smallest absolute Gasteiger partial charge is 0.0594 e. The third-order valence-corrected chi connectivity index (χ3v) is 2.49. The fourth-order valence-corrected chi connectivity index (χ4v) is 1.72. The molecule has 1 aromatic carbocycles. The van der Waals surface area contributed by atoms with E-state index in [1.807, 2.05) is 31.2 Å². The van der Waals surface area contributed by atoms with E-state index in [9.17, 15) is 0 Å². The lowest BCUT2D eigenvalue weighted by molar-refractivity contribution is 0.774. The molecule has 0 aliphatic heterocycles. The molecule has 2 aromatic rings. The number of hydrogen-bond donors (Lipinski definition) is 2. The van der Waals surface area contributed by atoms with E-state index >= 15 is 0 Å². The van der Waals surface area contributed by atoms with Crippen LogP contribution in [-0.4, -0.2) is 10.2 Å². The van der Waals surface area contributed by atoms with E-state index in [0.717, 1.165) is 16.8 Å². The molecule has 1 aromatic heterocycles. The Labute approximate surface area is 93.3 Å². The summed E-state index contributed by atoms with van der Waals surface area (Å²) in [5.74, 6) is 0. The van der Waals surface area contributed by atoms with Gasteiger partial charge in [-0.1, -0.05) is 23.7 Å². The molecule has 1 heterocycles. The highest BCUT2D eigenvalue weighted by atomic mass is 35.5. The molecule has 0 saturated heterocycles. The highest BCUT2D eigenvalue weighted by molar-refractivity contribution is 6.30. The van der Waals surface area contributed by atoms with Crippen LogP contribution < -0.4 is 5.73 Å². The fraction of sp³-hybridized carbons (Fsp3) is 0.182. The summed E-state index contributed by atoms with van der Waals surface area (Å²) in [7, 11) is 0. The molecule has 3 nitrogen and oxygen atoms in total. The SMILES string of the molecule is CC(N)c1[nH]ncc1-c1cccc(Cl)c1. The number of halogens is 1. The first-order valence-corrected chi connectivity index (χ1v) is 5.11. The Hall–Kier alpha value is -1.32. The molecule has 0 spiro atoms. The molecule has 1 atom stereocenters. The highest BCUT2D eigenvalue weighted by Gasteiger charge is 2.10. The lowest BCUT2D eigenvalue weighted by Gasteiger charge is -2.06. The largest absolute Gasteiger partial charge is 0.323 e. The summed E-state index contributed by atoms with van der Waals surface area (Å²) < 4.78 is 0. The van der Waals surface area contributed by atoms with Gasteiger partial charge in [-0.05, 0) is 24.6 Å². The molecule has 1 unspecified atom stereocenters. The standard InChI is InChI=1S/C11H12ClN3/c1-7(13)11-10(6-14-15-11)8-3-2-4-9(12)5-8/h2-7H,13H2,1H3,(H,14,15). The van der Waals surface area contributed by atoms with Crippen molar-refractivity contribution in [2.45, 2.75) is 13.0 Å². The maximum absolute atomic E-state index is 5.93. The zero-order chi connectivity index (χ0) is 10.8. The number of benzene rings is 1. The van der Waals surface area contributed by atoms with E-state index in [1.165, 1.54) is 0 Å². The third kappa shape index (κ3) is 2.03. The van der Waals surface area contributed by atoms with Crippen LogP contribution in [0.2, 0.25) is 5.02 Å². The summed E-state index contributed by atoms with van der Waals surface area (Å²) >= 11 is 5.93. The van der Waals surface area contributed by atoms with Crippen molar-refractivity contribution in [2.24, 2.45) is 5.73 Å². The molecule has 0 saturated carbocycles. The first kappa shape index (κ1) is 10.2. The Morgan fingerprint density at radius 1 is 1.47 bits per heavy atom. The lowest BCUT2D eigenvalue weighted by atomic mass is 10.0. The summed E-state index contributed by atoms with van der Waals surface area (Å²) in [6, 6.07) is 7.58. The van der Waals surface area contributed by atoms with Crippen LogP contribution in [0, 0.1) is 0 Å². The summed E-state index contributed by atoms with van der Waals surface area (Å²) in [4.78, 5) is 0. The van der Waals surface area contributed by atoms with E-state index < -0.39 is 0 Å². The predicted molar refractivity (Wildman–Crippen MR) is 61.6 cm³/mol. The van der Waals surface area contributed by atoms with E-state index in [1.54, 1.807) is 6.20 Å². The Morgan fingerprint density at radius 2 is 2.27 bits per heavy atom. The normalized spacial score (nSPS) is 12.7. The second-order valence-electron chi connectivity index (χ2n) is 3.50. The van der Waals surface area contributed by atoms with Crippen LogP contribution in [0.15, 0.2) is 30.5 Å². The van der Waals surface area contributed by atoms with Crippen LogP contribution in [0.4, 0.5) is 0 Å². The van der Waals surface area contributed by atoms with Gasteiger partial charge < -0.3 is 5.73 Å². The second-order valence-corrected chi connectivity index (χ2v) is 3.93. The minimum absolute atomic E-state index is 0.0681. The number of nitrogens with two attached hydrogens (primary N) is 1. The van der Waals surface area contributed by atoms with Crippen LogP contribution in [0.5, 0.6) is 0 Å². The molecule has 0 radical (unpaired) electrons. The van der Waals surface area contributed by atoms with Crippen LogP contribution in [0.25, 0.3) is 11.1 Å². The Balaban J connectivity index is 2.49. The first-order valence-electron chi connectivity index (χ1n) is 4.73. The van der Waals surface area contributed by atoms with Crippen molar-refractivity contribution in [3.05, 3.63) is 41.2 Å². The van der Waals surface area contributed by atoms with Gasteiger partial charge in [-0.25, -0.2) is 0 Å². The van der Waals surface area contributed by atoms with Gasteiger partial charge >= 0.3 is 0 Å². The molecule has 0 bridgehead atoms. The quantitative estimate of drug-likeness (QED) is 0.820. The second kappa shape index (κ2) is 4.04. The number of H-pyrrole nitrogens is 1. The molecule has 0 fully saturated rings. The summed E-state index contributed by atoms with van der Waals surface area (Å²) in [6.45, 7) is 1.92. The molecule has 0 aliphatic rings. The maximum Gasteiger partial charge on any atom is 0.0594 e. The topological polar surface area (TPSA) is 54.7 Å². The van der Waals surface area contributed by atoms with Crippen LogP contribution in [0.3, 0.4) is 0 Å². The molecular weight excluding hydrogens is 210 g/mol. The summed E-state index contributed by atoms with van der Waals surface area (Å²) in [5.41, 5.74) is 8.80. The zero-order valence-corrected chi connectivity index (χ0v) is 9.12. The van der Waals surface area contributed by atoms with Crippen molar-refractivity contribution in [3.8, 4) is 11.1 Å². The fourth-order valence-electron chi connectivity index (χ4n) is 1.53. The lowest BCUT2D eigenvalue weighted by Crippen LogP contribution is -2.06. The van der Waals surface area contributed by atoms with Gasteiger partial charge in [-0.2, -0.15) is 5.10 Å². The van der Waals surface area contributed by atoms with Crippen molar-refractivity contribution in [1.82, 2.24) is 10.2 Å². The monoisotopic (exact) mass is 221 g/mol. The minimum atomic E-state index is -0.0681. The average Bonchev–Trinajstić information content (AvgIpc) is 2.65. The number of rotatable bonds is 2. The number of aromatic nitrogens is 2. The molecule has 78 valence electrons. The van der Waals surface area contributed by atoms with Gasteiger partial charge in [0.05, 0.1) is 11.9 Å². The van der Waals surface area contributed by atoms with E-state index in [2.05, 4.69) is 10.2 Å². The van der Waals surface area contributed by atoms with E-state index in [-0.39, 0.29) is 6.04 Å². The van der Waals surface area contributed by atoms with Gasteiger partial charge in [0.2, 0.25) is 0 Å². The molecule has 0 aliphatic carbocycles. The average molecular weight is 222 g/mol. The first-order chi connectivity index (χ1) is 7.18. The summed E-state index contributed by atoms with van der Waals surface area (Å²) in [6.07, 6.45) is 1.77. The van der Waals surface area contributed by atoms with Gasteiger partial charge in [0.1, 0.15) is 0 Å². The molecule has 3 N–H and O–H groups in total. The number of aromatic amines is 1. The predicted octanol–water partition coefficient (Wildman–Crippen LogP) is 2.75. The van der Waals surface area contributed by atoms with Crippen LogP contribution >= 0.6 is 11.6 Å².